The monoisotopic (exact) mass is 449 g/mol. The molecule has 5 rings (SSSR count). The Balaban J connectivity index is 1.46. The molecular formula is C24H28ClN7. The highest BCUT2D eigenvalue weighted by molar-refractivity contribution is 6.30. The number of halogens is 1. The van der Waals surface area contributed by atoms with Crippen LogP contribution in [0.1, 0.15) is 55.8 Å². The van der Waals surface area contributed by atoms with Crippen LogP contribution in [0.3, 0.4) is 0 Å². The third-order valence-electron chi connectivity index (χ3n) is 6.57. The number of nitrogen functional groups attached to an aromatic ring is 2. The molecule has 0 radical (unpaired) electrons. The minimum atomic E-state index is 0.151. The topological polar surface area (TPSA) is 106 Å². The van der Waals surface area contributed by atoms with Gasteiger partial charge in [0.25, 0.3) is 0 Å². The summed E-state index contributed by atoms with van der Waals surface area (Å²) in [5, 5.41) is 2.61. The summed E-state index contributed by atoms with van der Waals surface area (Å²) in [5.74, 6) is 1.93. The predicted octanol–water partition coefficient (Wildman–Crippen LogP) is 5.33. The van der Waals surface area contributed by atoms with E-state index in [9.17, 15) is 0 Å². The van der Waals surface area contributed by atoms with Crippen molar-refractivity contribution in [2.45, 2.75) is 51.5 Å². The summed E-state index contributed by atoms with van der Waals surface area (Å²) in [6.07, 6.45) is 9.35. The van der Waals surface area contributed by atoms with Crippen molar-refractivity contribution in [1.29, 1.82) is 0 Å². The molecule has 0 bridgehead atoms. The first-order valence-electron chi connectivity index (χ1n) is 11.2. The summed E-state index contributed by atoms with van der Waals surface area (Å²) >= 11 is 6.34. The van der Waals surface area contributed by atoms with Gasteiger partial charge >= 0.3 is 0 Å². The Morgan fingerprint density at radius 3 is 2.53 bits per heavy atom. The molecule has 0 spiro atoms. The van der Waals surface area contributed by atoms with E-state index in [1.165, 1.54) is 32.1 Å². The zero-order valence-electron chi connectivity index (χ0n) is 18.2. The number of nitrogens with zero attached hydrogens (tertiary/aromatic N) is 4. The van der Waals surface area contributed by atoms with Gasteiger partial charge < -0.3 is 11.5 Å². The second-order valence-electron chi connectivity index (χ2n) is 8.80. The maximum Gasteiger partial charge on any atom is 0.248 e. The smallest absolute Gasteiger partial charge is 0.248 e. The number of fused-ring (bicyclic) bond motifs is 1. The zero-order valence-corrected chi connectivity index (χ0v) is 18.9. The molecule has 5 N–H and O–H groups in total. The summed E-state index contributed by atoms with van der Waals surface area (Å²) < 4.78 is 0. The molecule has 1 unspecified atom stereocenters. The lowest BCUT2D eigenvalue weighted by Gasteiger charge is -2.21. The summed E-state index contributed by atoms with van der Waals surface area (Å²) in [7, 11) is 0. The molecule has 2 aliphatic rings. The van der Waals surface area contributed by atoms with Gasteiger partial charge in [-0.25, -0.2) is 10.4 Å². The van der Waals surface area contributed by atoms with Gasteiger partial charge in [-0.15, -0.1) is 0 Å². The lowest BCUT2D eigenvalue weighted by atomic mass is 9.95. The number of nitrogens with one attached hydrogen (secondary N) is 1. The SMILES string of the molecule is Cc1cc(-c2c(N)nc(N3NC(CCC4CCCC4)c4cc(Cl)ccc43)nc2N)ccn1. The van der Waals surface area contributed by atoms with Crippen molar-refractivity contribution < 1.29 is 0 Å². The molecule has 32 heavy (non-hydrogen) atoms. The third-order valence-corrected chi connectivity index (χ3v) is 6.80. The molecule has 7 nitrogen and oxygen atoms in total. The van der Waals surface area contributed by atoms with E-state index in [2.05, 4.69) is 20.4 Å². The summed E-state index contributed by atoms with van der Waals surface area (Å²) in [5.41, 5.74) is 20.8. The highest BCUT2D eigenvalue weighted by atomic mass is 35.5. The van der Waals surface area contributed by atoms with Crippen molar-refractivity contribution in [3.63, 3.8) is 0 Å². The molecule has 3 aromatic rings. The number of pyridine rings is 1. The summed E-state index contributed by atoms with van der Waals surface area (Å²) in [4.78, 5) is 13.5. The molecule has 1 fully saturated rings. The van der Waals surface area contributed by atoms with Crippen LogP contribution in [0.15, 0.2) is 36.5 Å². The lowest BCUT2D eigenvalue weighted by molar-refractivity contribution is 0.426. The first-order chi connectivity index (χ1) is 15.5. The molecule has 2 aromatic heterocycles. The number of anilines is 4. The van der Waals surface area contributed by atoms with Crippen LogP contribution in [0.2, 0.25) is 5.02 Å². The maximum atomic E-state index is 6.36. The Kier molecular flexibility index (Phi) is 5.61. The van der Waals surface area contributed by atoms with E-state index in [0.29, 0.717) is 23.1 Å². The van der Waals surface area contributed by atoms with Crippen LogP contribution in [0, 0.1) is 12.8 Å². The molecule has 166 valence electrons. The Labute approximate surface area is 193 Å². The van der Waals surface area contributed by atoms with Crippen LogP contribution in [0.5, 0.6) is 0 Å². The molecule has 1 saturated carbocycles. The normalized spacial score (nSPS) is 18.3. The predicted molar refractivity (Wildman–Crippen MR) is 129 cm³/mol. The molecule has 1 atom stereocenters. The number of hydrogen-bond acceptors (Lipinski definition) is 7. The van der Waals surface area contributed by atoms with Gasteiger partial charge in [-0.05, 0) is 67.1 Å². The van der Waals surface area contributed by atoms with Gasteiger partial charge in [0.1, 0.15) is 11.6 Å². The Bertz CT molecular complexity index is 1120. The zero-order chi connectivity index (χ0) is 22.2. The fourth-order valence-electron chi connectivity index (χ4n) is 4.97. The van der Waals surface area contributed by atoms with Crippen molar-refractivity contribution in [2.24, 2.45) is 5.92 Å². The van der Waals surface area contributed by atoms with Crippen molar-refractivity contribution in [1.82, 2.24) is 20.4 Å². The lowest BCUT2D eigenvalue weighted by Crippen LogP contribution is -2.32. The largest absolute Gasteiger partial charge is 0.383 e. The number of rotatable bonds is 5. The van der Waals surface area contributed by atoms with E-state index >= 15 is 0 Å². The van der Waals surface area contributed by atoms with Gasteiger partial charge in [0, 0.05) is 16.9 Å². The number of aryl methyl sites for hydroxylation is 1. The average Bonchev–Trinajstić information content (AvgIpc) is 3.39. The van der Waals surface area contributed by atoms with Crippen LogP contribution in [-0.4, -0.2) is 15.0 Å². The number of aromatic nitrogens is 3. The van der Waals surface area contributed by atoms with Gasteiger partial charge in [-0.2, -0.15) is 9.97 Å². The Morgan fingerprint density at radius 1 is 1.06 bits per heavy atom. The number of hydrazine groups is 1. The van der Waals surface area contributed by atoms with Gasteiger partial charge in [0.15, 0.2) is 0 Å². The second-order valence-corrected chi connectivity index (χ2v) is 9.24. The molecule has 1 aliphatic heterocycles. The van der Waals surface area contributed by atoms with E-state index in [4.69, 9.17) is 23.1 Å². The first-order valence-corrected chi connectivity index (χ1v) is 11.6. The van der Waals surface area contributed by atoms with Gasteiger partial charge in [-0.1, -0.05) is 37.3 Å². The van der Waals surface area contributed by atoms with E-state index < -0.39 is 0 Å². The van der Waals surface area contributed by atoms with Crippen LogP contribution in [0.25, 0.3) is 11.1 Å². The first kappa shape index (κ1) is 21.0. The second kappa shape index (κ2) is 8.56. The molecular weight excluding hydrogens is 422 g/mol. The maximum absolute atomic E-state index is 6.36. The van der Waals surface area contributed by atoms with Gasteiger partial charge in [-0.3, -0.25) is 4.98 Å². The average molecular weight is 450 g/mol. The number of benzene rings is 1. The summed E-state index contributed by atoms with van der Waals surface area (Å²) in [6.45, 7) is 1.92. The quantitative estimate of drug-likeness (QED) is 0.483. The van der Waals surface area contributed by atoms with Crippen molar-refractivity contribution in [3.05, 3.63) is 52.8 Å². The van der Waals surface area contributed by atoms with Crippen LogP contribution >= 0.6 is 11.6 Å². The highest BCUT2D eigenvalue weighted by Gasteiger charge is 2.32. The van der Waals surface area contributed by atoms with Gasteiger partial charge in [0.2, 0.25) is 5.95 Å². The van der Waals surface area contributed by atoms with Gasteiger partial charge in [0.05, 0.1) is 17.3 Å². The van der Waals surface area contributed by atoms with E-state index in [0.717, 1.165) is 39.9 Å². The Hall–Kier alpha value is -2.90. The minimum absolute atomic E-state index is 0.151. The number of nitrogens with two attached hydrogens (primary N) is 2. The third kappa shape index (κ3) is 3.98. The highest BCUT2D eigenvalue weighted by Crippen LogP contribution is 2.42. The fourth-order valence-corrected chi connectivity index (χ4v) is 5.15. The summed E-state index contributed by atoms with van der Waals surface area (Å²) in [6, 6.07) is 9.85. The molecule has 3 heterocycles. The van der Waals surface area contributed by atoms with Crippen molar-refractivity contribution >= 4 is 34.9 Å². The molecule has 0 saturated heterocycles. The molecule has 8 heteroatoms. The van der Waals surface area contributed by atoms with Crippen LogP contribution in [0.4, 0.5) is 23.3 Å². The van der Waals surface area contributed by atoms with E-state index in [-0.39, 0.29) is 6.04 Å². The molecule has 0 amide bonds. The van der Waals surface area contributed by atoms with Crippen molar-refractivity contribution in [3.8, 4) is 11.1 Å². The molecule has 1 aromatic carbocycles. The van der Waals surface area contributed by atoms with Crippen LogP contribution < -0.4 is 21.9 Å². The Morgan fingerprint density at radius 2 is 1.81 bits per heavy atom. The minimum Gasteiger partial charge on any atom is -0.383 e. The molecule has 1 aliphatic carbocycles. The standard InChI is InChI=1S/C24H28ClN7/c1-14-12-16(10-11-28-14)21-22(26)29-24(30-23(21)27)32-20-9-7-17(25)13-18(20)19(31-32)8-6-15-4-2-3-5-15/h7,9-13,15,19,31H,2-6,8H2,1H3,(H4,26,27,29,30). The van der Waals surface area contributed by atoms with Crippen molar-refractivity contribution in [2.75, 3.05) is 16.5 Å². The number of hydrogen-bond donors (Lipinski definition) is 3. The fraction of sp³-hybridized carbons (Fsp3) is 0.375. The van der Waals surface area contributed by atoms with E-state index in [1.807, 2.05) is 42.3 Å². The van der Waals surface area contributed by atoms with Crippen LogP contribution in [-0.2, 0) is 0 Å². The van der Waals surface area contributed by atoms with E-state index in [1.54, 1.807) is 6.20 Å².